The molecule has 0 radical (unpaired) electrons. The van der Waals surface area contributed by atoms with Gasteiger partial charge >= 0.3 is 0 Å². The maximum atomic E-state index is 10.6. The molecule has 1 aliphatic carbocycles. The van der Waals surface area contributed by atoms with Gasteiger partial charge in [-0.05, 0) is 68.0 Å². The number of piperidine rings is 1. The van der Waals surface area contributed by atoms with Crippen LogP contribution in [0.25, 0.3) is 21.3 Å². The van der Waals surface area contributed by atoms with Gasteiger partial charge in [-0.15, -0.1) is 21.5 Å². The fraction of sp³-hybridized carbons (Fsp3) is 0.476. The molecule has 2 fully saturated rings. The molecule has 1 saturated carbocycles. The summed E-state index contributed by atoms with van der Waals surface area (Å²) in [6.07, 6.45) is 5.14. The van der Waals surface area contributed by atoms with E-state index < -0.39 is 0 Å². The number of nitrogens with one attached hydrogen (secondary N) is 1. The fourth-order valence-corrected chi connectivity index (χ4v) is 4.95. The monoisotopic (exact) mass is 395 g/mol. The van der Waals surface area contributed by atoms with Crippen molar-refractivity contribution >= 4 is 27.4 Å². The molecule has 7 heteroatoms. The maximum Gasteiger partial charge on any atom is 0.243 e. The first-order valence-corrected chi connectivity index (χ1v) is 10.9. The summed E-state index contributed by atoms with van der Waals surface area (Å²) in [5, 5.41) is 25.9. The molecule has 2 N–H and O–H groups in total. The van der Waals surface area contributed by atoms with E-state index in [1.54, 1.807) is 0 Å². The van der Waals surface area contributed by atoms with Crippen molar-refractivity contribution in [2.75, 3.05) is 25.0 Å². The van der Waals surface area contributed by atoms with Crippen molar-refractivity contribution in [3.63, 3.8) is 0 Å². The van der Waals surface area contributed by atoms with E-state index >= 15 is 0 Å². The van der Waals surface area contributed by atoms with E-state index in [1.165, 1.54) is 43.7 Å². The molecule has 0 unspecified atom stereocenters. The summed E-state index contributed by atoms with van der Waals surface area (Å²) in [6.45, 7) is 5.42. The Morgan fingerprint density at radius 2 is 2.11 bits per heavy atom. The lowest BCUT2D eigenvalue weighted by molar-refractivity contribution is 0.208. The van der Waals surface area contributed by atoms with Crippen molar-refractivity contribution in [3.8, 4) is 17.0 Å². The van der Waals surface area contributed by atoms with Crippen molar-refractivity contribution in [1.29, 1.82) is 0 Å². The van der Waals surface area contributed by atoms with Crippen molar-refractivity contribution in [1.82, 2.24) is 20.1 Å². The first-order chi connectivity index (χ1) is 13.7. The third kappa shape index (κ3) is 3.56. The largest absolute Gasteiger partial charge is 0.506 e. The van der Waals surface area contributed by atoms with Crippen LogP contribution >= 0.6 is 11.3 Å². The van der Waals surface area contributed by atoms with Crippen LogP contribution in [0, 0.1) is 12.8 Å². The van der Waals surface area contributed by atoms with Crippen LogP contribution < -0.4 is 5.32 Å². The Morgan fingerprint density at radius 1 is 1.21 bits per heavy atom. The van der Waals surface area contributed by atoms with Crippen LogP contribution in [-0.4, -0.2) is 50.9 Å². The number of phenolic OH excluding ortho intramolecular Hbond substituents is 1. The summed E-state index contributed by atoms with van der Waals surface area (Å²) in [5.41, 5.74) is 2.10. The molecule has 1 aromatic carbocycles. The van der Waals surface area contributed by atoms with Crippen LogP contribution in [-0.2, 0) is 0 Å². The molecule has 1 atom stereocenters. The minimum atomic E-state index is 0.260. The van der Waals surface area contributed by atoms with Gasteiger partial charge in [0.1, 0.15) is 11.4 Å². The number of thiophene rings is 1. The van der Waals surface area contributed by atoms with Crippen molar-refractivity contribution in [2.24, 2.45) is 5.92 Å². The highest BCUT2D eigenvalue weighted by Crippen LogP contribution is 2.38. The molecule has 0 bridgehead atoms. The molecule has 2 aromatic heterocycles. The minimum absolute atomic E-state index is 0.260. The van der Waals surface area contributed by atoms with Gasteiger partial charge in [0.15, 0.2) is 0 Å². The molecule has 3 heterocycles. The molecule has 1 saturated heterocycles. The van der Waals surface area contributed by atoms with Crippen molar-refractivity contribution in [3.05, 3.63) is 29.3 Å². The smallest absolute Gasteiger partial charge is 0.243 e. The number of fused-ring (bicyclic) bond motifs is 1. The minimum Gasteiger partial charge on any atom is -0.506 e. The van der Waals surface area contributed by atoms with Crippen molar-refractivity contribution < 1.29 is 5.11 Å². The summed E-state index contributed by atoms with van der Waals surface area (Å²) in [4.78, 5) is 7.21. The topological polar surface area (TPSA) is 74.2 Å². The fourth-order valence-electron chi connectivity index (χ4n) is 4.11. The lowest BCUT2D eigenvalue weighted by atomic mass is 10.1. The summed E-state index contributed by atoms with van der Waals surface area (Å²) in [7, 11) is 0. The summed E-state index contributed by atoms with van der Waals surface area (Å²) in [6, 6.07) is 6.28. The predicted octanol–water partition coefficient (Wildman–Crippen LogP) is 4.05. The van der Waals surface area contributed by atoms with Gasteiger partial charge in [0.2, 0.25) is 5.95 Å². The number of aromatic hydroxyl groups is 1. The Labute approximate surface area is 168 Å². The molecule has 0 spiro atoms. The number of nitrogens with zero attached hydrogens (tertiary/aromatic N) is 4. The number of benzene rings is 1. The molecular formula is C21H25N5OS. The molecule has 146 valence electrons. The normalized spacial score (nSPS) is 20.5. The first-order valence-electron chi connectivity index (χ1n) is 10.1. The second-order valence-corrected chi connectivity index (χ2v) is 8.97. The van der Waals surface area contributed by atoms with E-state index in [0.29, 0.717) is 23.2 Å². The average molecular weight is 396 g/mol. The zero-order valence-electron chi connectivity index (χ0n) is 16.1. The van der Waals surface area contributed by atoms with Gasteiger partial charge in [-0.25, -0.2) is 4.98 Å². The number of aromatic nitrogens is 3. The van der Waals surface area contributed by atoms with Gasteiger partial charge in [0.25, 0.3) is 0 Å². The molecule has 6 nitrogen and oxygen atoms in total. The Balaban J connectivity index is 1.33. The first kappa shape index (κ1) is 17.8. The molecule has 28 heavy (non-hydrogen) atoms. The van der Waals surface area contributed by atoms with Gasteiger partial charge in [-0.3, -0.25) is 0 Å². The lowest BCUT2D eigenvalue weighted by Crippen LogP contribution is -2.43. The SMILES string of the molecule is Cc1nc(N[C@@H]2CCCN(CC3CC3)C2)nnc1-c1ccc2ccsc2c1O. The van der Waals surface area contributed by atoms with E-state index in [0.717, 1.165) is 34.7 Å². The highest BCUT2D eigenvalue weighted by molar-refractivity contribution is 7.17. The molecule has 5 rings (SSSR count). The van der Waals surface area contributed by atoms with Gasteiger partial charge in [-0.1, -0.05) is 6.07 Å². The Kier molecular flexibility index (Phi) is 4.64. The second kappa shape index (κ2) is 7.29. The van der Waals surface area contributed by atoms with Crippen LogP contribution in [0.4, 0.5) is 5.95 Å². The summed E-state index contributed by atoms with van der Waals surface area (Å²) < 4.78 is 0.874. The van der Waals surface area contributed by atoms with Crippen LogP contribution in [0.15, 0.2) is 23.6 Å². The van der Waals surface area contributed by atoms with Crippen LogP contribution in [0.5, 0.6) is 5.75 Å². The number of hydrogen-bond acceptors (Lipinski definition) is 7. The number of hydrogen-bond donors (Lipinski definition) is 2. The van der Waals surface area contributed by atoms with Gasteiger partial charge < -0.3 is 15.3 Å². The molecule has 1 aliphatic heterocycles. The predicted molar refractivity (Wildman–Crippen MR) is 113 cm³/mol. The molecule has 3 aromatic rings. The van der Waals surface area contributed by atoms with E-state index in [2.05, 4.69) is 25.4 Å². The van der Waals surface area contributed by atoms with E-state index in [9.17, 15) is 5.11 Å². The summed E-state index contributed by atoms with van der Waals surface area (Å²) in [5.74, 6) is 1.76. The summed E-state index contributed by atoms with van der Waals surface area (Å²) >= 11 is 1.53. The lowest BCUT2D eigenvalue weighted by Gasteiger charge is -2.33. The second-order valence-electron chi connectivity index (χ2n) is 8.06. The van der Waals surface area contributed by atoms with Gasteiger partial charge in [0, 0.05) is 24.7 Å². The number of anilines is 1. The van der Waals surface area contributed by atoms with Crippen molar-refractivity contribution in [2.45, 2.75) is 38.6 Å². The highest BCUT2D eigenvalue weighted by atomic mass is 32.1. The third-order valence-corrected chi connectivity index (χ3v) is 6.70. The van der Waals surface area contributed by atoms with Gasteiger partial charge in [-0.2, -0.15) is 0 Å². The molecular weight excluding hydrogens is 370 g/mol. The number of likely N-dealkylation sites (tertiary alicyclic amines) is 1. The molecule has 2 aliphatic rings. The van der Waals surface area contributed by atoms with E-state index in [-0.39, 0.29) is 5.75 Å². The zero-order chi connectivity index (χ0) is 19.1. The van der Waals surface area contributed by atoms with E-state index in [4.69, 9.17) is 0 Å². The van der Waals surface area contributed by atoms with Crippen LogP contribution in [0.3, 0.4) is 0 Å². The maximum absolute atomic E-state index is 10.6. The Hall–Kier alpha value is -2.25. The van der Waals surface area contributed by atoms with E-state index in [1.807, 2.05) is 30.5 Å². The number of phenols is 1. The van der Waals surface area contributed by atoms with Crippen LogP contribution in [0.2, 0.25) is 0 Å². The Bertz CT molecular complexity index is 1000. The third-order valence-electron chi connectivity index (χ3n) is 5.76. The average Bonchev–Trinajstić information content (AvgIpc) is 3.36. The number of rotatable bonds is 5. The highest BCUT2D eigenvalue weighted by Gasteiger charge is 2.28. The Morgan fingerprint density at radius 3 is 2.93 bits per heavy atom. The zero-order valence-corrected chi connectivity index (χ0v) is 16.9. The number of aryl methyl sites for hydroxylation is 1. The van der Waals surface area contributed by atoms with Gasteiger partial charge in [0.05, 0.1) is 10.4 Å². The standard InChI is InChI=1S/C21H25N5OS/c1-13-18(17-7-6-15-8-10-28-20(15)19(17)27)24-25-21(22-13)23-16-3-2-9-26(12-16)11-14-4-5-14/h6-8,10,14,16,27H,2-5,9,11-12H2,1H3,(H,22,23,25)/t16-/m1/s1. The molecule has 0 amide bonds. The van der Waals surface area contributed by atoms with Crippen LogP contribution in [0.1, 0.15) is 31.4 Å². The quantitative estimate of drug-likeness (QED) is 0.679.